The number of sulfonamides is 2. The summed E-state index contributed by atoms with van der Waals surface area (Å²) >= 11 is 5.75. The smallest absolute Gasteiger partial charge is 0.289 e. The van der Waals surface area contributed by atoms with Crippen LogP contribution in [0.3, 0.4) is 0 Å². The number of halogens is 1. The van der Waals surface area contributed by atoms with Gasteiger partial charge in [0.1, 0.15) is 10.8 Å². The van der Waals surface area contributed by atoms with Gasteiger partial charge in [0.25, 0.3) is 15.7 Å². The molecule has 1 aliphatic rings. The lowest BCUT2D eigenvalue weighted by Crippen LogP contribution is -2.35. The van der Waals surface area contributed by atoms with Crippen LogP contribution in [0.4, 0.5) is 11.4 Å². The number of piperidine rings is 1. The van der Waals surface area contributed by atoms with Crippen molar-refractivity contribution in [3.8, 4) is 5.75 Å². The number of nitro benzene ring substituents is 1. The van der Waals surface area contributed by atoms with Crippen molar-refractivity contribution in [2.24, 2.45) is 0 Å². The average molecular weight is 490 g/mol. The molecule has 1 saturated heterocycles. The molecule has 0 spiro atoms. The van der Waals surface area contributed by atoms with Crippen LogP contribution in [0.1, 0.15) is 19.3 Å². The molecule has 13 heteroatoms. The van der Waals surface area contributed by atoms with E-state index in [9.17, 15) is 26.9 Å². The summed E-state index contributed by atoms with van der Waals surface area (Å²) in [7, 11) is -6.82. The standard InChI is InChI=1S/C18H20ClN3O7S2/c1-29-18-8-6-14(31(27,28)21-9-3-2-4-10-21)11-16(18)20-30(25,26)13-5-7-15(19)17(12-13)22(23)24/h5-8,11-12,20H,2-4,9-10H2,1H3. The fourth-order valence-electron chi connectivity index (χ4n) is 3.18. The number of rotatable bonds is 7. The van der Waals surface area contributed by atoms with Crippen LogP contribution in [-0.4, -0.2) is 46.3 Å². The number of hydrogen-bond donors (Lipinski definition) is 1. The number of nitrogens with zero attached hydrogens (tertiary/aromatic N) is 2. The van der Waals surface area contributed by atoms with Crippen LogP contribution in [0.25, 0.3) is 0 Å². The molecule has 1 heterocycles. The molecule has 0 amide bonds. The maximum atomic E-state index is 13.0. The Morgan fingerprint density at radius 2 is 1.68 bits per heavy atom. The Labute approximate surface area is 185 Å². The third kappa shape index (κ3) is 4.92. The number of ether oxygens (including phenoxy) is 1. The highest BCUT2D eigenvalue weighted by Gasteiger charge is 2.28. The Balaban J connectivity index is 1.99. The molecular formula is C18H20ClN3O7S2. The van der Waals surface area contributed by atoms with E-state index in [4.69, 9.17) is 16.3 Å². The Morgan fingerprint density at radius 1 is 1.03 bits per heavy atom. The average Bonchev–Trinajstić information content (AvgIpc) is 2.74. The van der Waals surface area contributed by atoms with Crippen LogP contribution in [0, 0.1) is 10.1 Å². The van der Waals surface area contributed by atoms with E-state index in [2.05, 4.69) is 4.72 Å². The van der Waals surface area contributed by atoms with Gasteiger partial charge in [0.05, 0.1) is 27.5 Å². The van der Waals surface area contributed by atoms with Crippen molar-refractivity contribution in [2.45, 2.75) is 29.1 Å². The number of benzene rings is 2. The van der Waals surface area contributed by atoms with Gasteiger partial charge in [0, 0.05) is 19.2 Å². The fraction of sp³-hybridized carbons (Fsp3) is 0.333. The van der Waals surface area contributed by atoms with E-state index in [0.29, 0.717) is 13.1 Å². The Bertz CT molecular complexity index is 1210. The molecule has 0 aliphatic carbocycles. The minimum Gasteiger partial charge on any atom is -0.495 e. The molecule has 2 aromatic carbocycles. The summed E-state index contributed by atoms with van der Waals surface area (Å²) in [6.07, 6.45) is 2.46. The van der Waals surface area contributed by atoms with Crippen LogP contribution >= 0.6 is 11.6 Å². The highest BCUT2D eigenvalue weighted by atomic mass is 35.5. The van der Waals surface area contributed by atoms with Gasteiger partial charge in [-0.2, -0.15) is 4.31 Å². The first-order chi connectivity index (χ1) is 14.6. The lowest BCUT2D eigenvalue weighted by molar-refractivity contribution is -0.384. The molecule has 0 radical (unpaired) electrons. The molecule has 0 bridgehead atoms. The first-order valence-corrected chi connectivity index (χ1v) is 12.5. The second-order valence-corrected chi connectivity index (χ2v) is 10.8. The third-order valence-corrected chi connectivity index (χ3v) is 8.37. The lowest BCUT2D eigenvalue weighted by Gasteiger charge is -2.26. The molecule has 2 aromatic rings. The molecule has 1 aliphatic heterocycles. The number of anilines is 1. The monoisotopic (exact) mass is 489 g/mol. The van der Waals surface area contributed by atoms with Gasteiger partial charge in [0.2, 0.25) is 10.0 Å². The minimum atomic E-state index is -4.31. The molecule has 0 saturated carbocycles. The van der Waals surface area contributed by atoms with Gasteiger partial charge in [-0.05, 0) is 43.2 Å². The Hall–Kier alpha value is -2.41. The van der Waals surface area contributed by atoms with Gasteiger partial charge in [-0.25, -0.2) is 16.8 Å². The minimum absolute atomic E-state index is 0.0876. The normalized spacial score (nSPS) is 15.4. The predicted octanol–water partition coefficient (Wildman–Crippen LogP) is 3.23. The van der Waals surface area contributed by atoms with Crippen LogP contribution < -0.4 is 9.46 Å². The van der Waals surface area contributed by atoms with E-state index in [0.717, 1.165) is 37.5 Å². The zero-order chi connectivity index (χ0) is 22.8. The van der Waals surface area contributed by atoms with Crippen LogP contribution in [0.2, 0.25) is 5.02 Å². The summed E-state index contributed by atoms with van der Waals surface area (Å²) in [6, 6.07) is 6.89. The van der Waals surface area contributed by atoms with Gasteiger partial charge in [-0.3, -0.25) is 14.8 Å². The maximum absolute atomic E-state index is 13.0. The Kier molecular flexibility index (Phi) is 6.74. The zero-order valence-corrected chi connectivity index (χ0v) is 18.8. The van der Waals surface area contributed by atoms with Gasteiger partial charge < -0.3 is 4.74 Å². The summed E-state index contributed by atoms with van der Waals surface area (Å²) in [5.74, 6) is 0.0876. The fourth-order valence-corrected chi connectivity index (χ4v) is 6.00. The molecular weight excluding hydrogens is 470 g/mol. The molecule has 10 nitrogen and oxygen atoms in total. The second-order valence-electron chi connectivity index (χ2n) is 6.80. The maximum Gasteiger partial charge on any atom is 0.289 e. The molecule has 1 fully saturated rings. The molecule has 31 heavy (non-hydrogen) atoms. The van der Waals surface area contributed by atoms with Crippen LogP contribution in [0.5, 0.6) is 5.75 Å². The molecule has 0 unspecified atom stereocenters. The van der Waals surface area contributed by atoms with Crippen molar-refractivity contribution in [3.05, 3.63) is 51.5 Å². The molecule has 3 rings (SSSR count). The molecule has 168 valence electrons. The van der Waals surface area contributed by atoms with Gasteiger partial charge in [-0.15, -0.1) is 0 Å². The van der Waals surface area contributed by atoms with Crippen molar-refractivity contribution in [3.63, 3.8) is 0 Å². The van der Waals surface area contributed by atoms with Crippen molar-refractivity contribution >= 4 is 43.0 Å². The van der Waals surface area contributed by atoms with Crippen LogP contribution in [0.15, 0.2) is 46.2 Å². The van der Waals surface area contributed by atoms with E-state index in [1.807, 2.05) is 0 Å². The number of hydrogen-bond acceptors (Lipinski definition) is 7. The largest absolute Gasteiger partial charge is 0.495 e. The number of methoxy groups -OCH3 is 1. The molecule has 1 N–H and O–H groups in total. The van der Waals surface area contributed by atoms with Crippen molar-refractivity contribution < 1.29 is 26.5 Å². The number of nitrogens with one attached hydrogen (secondary N) is 1. The first-order valence-electron chi connectivity index (χ1n) is 9.21. The Morgan fingerprint density at radius 3 is 2.29 bits per heavy atom. The number of nitro groups is 1. The summed E-state index contributed by atoms with van der Waals surface area (Å²) < 4.78 is 60.3. The highest BCUT2D eigenvalue weighted by Crippen LogP contribution is 2.33. The van der Waals surface area contributed by atoms with Crippen molar-refractivity contribution in [1.29, 1.82) is 0 Å². The summed E-state index contributed by atoms with van der Waals surface area (Å²) in [6.45, 7) is 0.785. The lowest BCUT2D eigenvalue weighted by atomic mass is 10.2. The quantitative estimate of drug-likeness (QED) is 0.465. The molecule has 0 aromatic heterocycles. The first kappa shape index (κ1) is 23.3. The molecule has 0 atom stereocenters. The summed E-state index contributed by atoms with van der Waals surface area (Å²) in [4.78, 5) is 9.79. The van der Waals surface area contributed by atoms with Gasteiger partial charge in [0.15, 0.2) is 0 Å². The van der Waals surface area contributed by atoms with Gasteiger partial charge >= 0.3 is 0 Å². The van der Waals surface area contributed by atoms with Crippen molar-refractivity contribution in [2.75, 3.05) is 24.9 Å². The zero-order valence-electron chi connectivity index (χ0n) is 16.4. The van der Waals surface area contributed by atoms with Gasteiger partial charge in [-0.1, -0.05) is 18.0 Å². The third-order valence-electron chi connectivity index (χ3n) is 4.79. The highest BCUT2D eigenvalue weighted by molar-refractivity contribution is 7.92. The van der Waals surface area contributed by atoms with E-state index in [1.165, 1.54) is 29.6 Å². The SMILES string of the molecule is COc1ccc(S(=O)(=O)N2CCCCC2)cc1NS(=O)(=O)c1ccc(Cl)c([N+](=O)[O-])c1. The van der Waals surface area contributed by atoms with E-state index in [1.54, 1.807) is 0 Å². The van der Waals surface area contributed by atoms with E-state index in [-0.39, 0.29) is 21.4 Å². The topological polar surface area (TPSA) is 136 Å². The second kappa shape index (κ2) is 8.99. The van der Waals surface area contributed by atoms with E-state index >= 15 is 0 Å². The summed E-state index contributed by atoms with van der Waals surface area (Å²) in [5, 5.41) is 10.9. The summed E-state index contributed by atoms with van der Waals surface area (Å²) in [5.41, 5.74) is -0.684. The van der Waals surface area contributed by atoms with Crippen molar-refractivity contribution in [1.82, 2.24) is 4.31 Å². The van der Waals surface area contributed by atoms with Crippen LogP contribution in [-0.2, 0) is 20.0 Å². The predicted molar refractivity (Wildman–Crippen MR) is 115 cm³/mol. The van der Waals surface area contributed by atoms with E-state index < -0.39 is 35.6 Å².